The third-order valence-electron chi connectivity index (χ3n) is 4.72. The molecule has 136 valence electrons. The van der Waals surface area contributed by atoms with Crippen molar-refractivity contribution in [1.29, 1.82) is 0 Å². The summed E-state index contributed by atoms with van der Waals surface area (Å²) in [5.41, 5.74) is 1.15. The number of aliphatic hydroxyl groups is 1. The van der Waals surface area contributed by atoms with Gasteiger partial charge in [0.15, 0.2) is 0 Å². The monoisotopic (exact) mass is 347 g/mol. The van der Waals surface area contributed by atoms with E-state index in [9.17, 15) is 9.59 Å². The zero-order chi connectivity index (χ0) is 17.8. The van der Waals surface area contributed by atoms with Crippen molar-refractivity contribution in [2.45, 2.75) is 38.0 Å². The molecular weight excluding hydrogens is 322 g/mol. The van der Waals surface area contributed by atoms with Gasteiger partial charge in [0.2, 0.25) is 5.91 Å². The molecule has 2 fully saturated rings. The molecule has 3 atom stereocenters. The van der Waals surface area contributed by atoms with Crippen LogP contribution in [0.1, 0.15) is 30.1 Å². The normalized spacial score (nSPS) is 26.1. The van der Waals surface area contributed by atoms with E-state index in [0.29, 0.717) is 30.3 Å². The van der Waals surface area contributed by atoms with E-state index in [0.717, 1.165) is 19.5 Å². The molecule has 7 heteroatoms. The lowest BCUT2D eigenvalue weighted by atomic mass is 10.1. The van der Waals surface area contributed by atoms with E-state index in [1.807, 2.05) is 0 Å². The molecular formula is C18H25N3O4. The Bertz CT molecular complexity index is 637. The van der Waals surface area contributed by atoms with Crippen molar-refractivity contribution >= 4 is 17.5 Å². The third-order valence-corrected chi connectivity index (χ3v) is 4.72. The number of morpholine rings is 1. The van der Waals surface area contributed by atoms with E-state index in [4.69, 9.17) is 9.84 Å². The molecule has 0 radical (unpaired) electrons. The van der Waals surface area contributed by atoms with Crippen LogP contribution in [0.3, 0.4) is 0 Å². The number of hydrogen-bond acceptors (Lipinski definition) is 5. The van der Waals surface area contributed by atoms with E-state index >= 15 is 0 Å². The second kappa shape index (κ2) is 7.95. The summed E-state index contributed by atoms with van der Waals surface area (Å²) in [6.45, 7) is 3.82. The highest BCUT2D eigenvalue weighted by molar-refractivity contribution is 5.96. The minimum absolute atomic E-state index is 0.0741. The van der Waals surface area contributed by atoms with Crippen LogP contribution < -0.4 is 10.6 Å². The van der Waals surface area contributed by atoms with Gasteiger partial charge < -0.3 is 20.5 Å². The van der Waals surface area contributed by atoms with E-state index < -0.39 is 0 Å². The molecule has 25 heavy (non-hydrogen) atoms. The highest BCUT2D eigenvalue weighted by Crippen LogP contribution is 2.24. The van der Waals surface area contributed by atoms with Crippen molar-refractivity contribution in [2.24, 2.45) is 0 Å². The largest absolute Gasteiger partial charge is 0.396 e. The van der Waals surface area contributed by atoms with Gasteiger partial charge in [-0.3, -0.25) is 14.5 Å². The molecule has 2 heterocycles. The summed E-state index contributed by atoms with van der Waals surface area (Å²) < 4.78 is 5.77. The summed E-state index contributed by atoms with van der Waals surface area (Å²) >= 11 is 0. The number of fused-ring (bicyclic) bond motifs is 1. The minimum Gasteiger partial charge on any atom is -0.396 e. The quantitative estimate of drug-likeness (QED) is 0.726. The van der Waals surface area contributed by atoms with E-state index in [1.165, 1.54) is 6.92 Å². The highest BCUT2D eigenvalue weighted by Gasteiger charge is 2.37. The molecule has 0 saturated carbocycles. The number of carbonyl (C=O) groups excluding carboxylic acids is 2. The van der Waals surface area contributed by atoms with E-state index in [-0.39, 0.29) is 30.6 Å². The first-order valence-electron chi connectivity index (χ1n) is 8.70. The van der Waals surface area contributed by atoms with Gasteiger partial charge in [-0.15, -0.1) is 0 Å². The van der Waals surface area contributed by atoms with Crippen LogP contribution in [0.4, 0.5) is 5.69 Å². The first kappa shape index (κ1) is 17.8. The molecule has 0 bridgehead atoms. The molecule has 2 aliphatic heterocycles. The Kier molecular flexibility index (Phi) is 5.67. The molecule has 0 aromatic heterocycles. The maximum absolute atomic E-state index is 12.5. The first-order chi connectivity index (χ1) is 12.0. The molecule has 1 aromatic carbocycles. The summed E-state index contributed by atoms with van der Waals surface area (Å²) in [5.74, 6) is -0.299. The van der Waals surface area contributed by atoms with Crippen LogP contribution in [0.2, 0.25) is 0 Å². The van der Waals surface area contributed by atoms with Gasteiger partial charge in [0, 0.05) is 50.0 Å². The predicted molar refractivity (Wildman–Crippen MR) is 93.4 cm³/mol. The van der Waals surface area contributed by atoms with Crippen molar-refractivity contribution in [2.75, 3.05) is 31.6 Å². The van der Waals surface area contributed by atoms with Crippen LogP contribution in [0.5, 0.6) is 0 Å². The number of aliphatic hydroxyl groups excluding tert-OH is 1. The fraction of sp³-hybridized carbons (Fsp3) is 0.556. The Balaban J connectivity index is 1.56. The molecule has 0 unspecified atom stereocenters. The molecule has 0 spiro atoms. The molecule has 3 rings (SSSR count). The molecule has 7 nitrogen and oxygen atoms in total. The highest BCUT2D eigenvalue weighted by atomic mass is 16.5. The van der Waals surface area contributed by atoms with Gasteiger partial charge in [-0.05, 0) is 31.0 Å². The van der Waals surface area contributed by atoms with Crippen molar-refractivity contribution < 1.29 is 19.4 Å². The number of carbonyl (C=O) groups is 2. The number of nitrogens with zero attached hydrogens (tertiary/aromatic N) is 1. The van der Waals surface area contributed by atoms with Crippen molar-refractivity contribution in [3.63, 3.8) is 0 Å². The van der Waals surface area contributed by atoms with Crippen LogP contribution in [0.15, 0.2) is 24.3 Å². The summed E-state index contributed by atoms with van der Waals surface area (Å²) in [6, 6.07) is 7.34. The molecule has 2 amide bonds. The summed E-state index contributed by atoms with van der Waals surface area (Å²) in [5, 5.41) is 14.8. The number of rotatable bonds is 5. The average molecular weight is 347 g/mol. The van der Waals surface area contributed by atoms with Crippen LogP contribution in [-0.4, -0.2) is 66.3 Å². The van der Waals surface area contributed by atoms with Crippen LogP contribution in [-0.2, 0) is 9.53 Å². The van der Waals surface area contributed by atoms with E-state index in [1.54, 1.807) is 24.3 Å². The number of anilines is 1. The topological polar surface area (TPSA) is 90.9 Å². The van der Waals surface area contributed by atoms with Gasteiger partial charge in [0.05, 0.1) is 12.7 Å². The molecule has 2 aliphatic rings. The number of amides is 2. The Labute approximate surface area is 147 Å². The Morgan fingerprint density at radius 1 is 1.36 bits per heavy atom. The fourth-order valence-corrected chi connectivity index (χ4v) is 3.58. The smallest absolute Gasteiger partial charge is 0.251 e. The lowest BCUT2D eigenvalue weighted by Gasteiger charge is -2.34. The van der Waals surface area contributed by atoms with Gasteiger partial charge >= 0.3 is 0 Å². The van der Waals surface area contributed by atoms with Crippen molar-refractivity contribution in [3.05, 3.63) is 29.8 Å². The van der Waals surface area contributed by atoms with Gasteiger partial charge in [-0.2, -0.15) is 0 Å². The maximum atomic E-state index is 12.5. The number of benzene rings is 1. The molecule has 1 aromatic rings. The lowest BCUT2D eigenvalue weighted by Crippen LogP contribution is -2.46. The van der Waals surface area contributed by atoms with Gasteiger partial charge in [0.1, 0.15) is 0 Å². The Morgan fingerprint density at radius 3 is 2.96 bits per heavy atom. The molecule has 2 saturated heterocycles. The van der Waals surface area contributed by atoms with Crippen LogP contribution >= 0.6 is 0 Å². The number of hydrogen-bond donors (Lipinski definition) is 3. The summed E-state index contributed by atoms with van der Waals surface area (Å²) in [7, 11) is 0. The lowest BCUT2D eigenvalue weighted by molar-refractivity contribution is -0.114. The van der Waals surface area contributed by atoms with Gasteiger partial charge in [-0.25, -0.2) is 0 Å². The number of ether oxygens (including phenoxy) is 1. The second-order valence-electron chi connectivity index (χ2n) is 6.74. The molecule has 3 N–H and O–H groups in total. The third kappa shape index (κ3) is 4.56. The zero-order valence-electron chi connectivity index (χ0n) is 14.4. The average Bonchev–Trinajstić information content (AvgIpc) is 2.96. The van der Waals surface area contributed by atoms with Gasteiger partial charge in [-0.1, -0.05) is 6.07 Å². The van der Waals surface area contributed by atoms with Crippen molar-refractivity contribution in [1.82, 2.24) is 10.2 Å². The van der Waals surface area contributed by atoms with Gasteiger partial charge in [0.25, 0.3) is 5.91 Å². The van der Waals surface area contributed by atoms with Crippen LogP contribution in [0.25, 0.3) is 0 Å². The first-order valence-corrected chi connectivity index (χ1v) is 8.70. The SMILES string of the molecule is CC(=O)Nc1cccc(C(=O)N[C@@H]2C[C@H]3CO[C@@H](CCO)CN3C2)c1. The summed E-state index contributed by atoms with van der Waals surface area (Å²) in [6.07, 6.45) is 1.59. The second-order valence-corrected chi connectivity index (χ2v) is 6.74. The molecule has 0 aliphatic carbocycles. The summed E-state index contributed by atoms with van der Waals surface area (Å²) in [4.78, 5) is 26.0. The minimum atomic E-state index is -0.164. The standard InChI is InChI=1S/C18H25N3O4/c1-12(23)19-14-4-2-3-13(7-14)18(24)20-15-8-16-11-25-17(5-6-22)10-21(16)9-15/h2-4,7,15-17,22H,5-6,8-11H2,1H3,(H,19,23)(H,20,24)/t15-,16+,17+/m1/s1. The van der Waals surface area contributed by atoms with Crippen LogP contribution in [0, 0.1) is 0 Å². The fourth-order valence-electron chi connectivity index (χ4n) is 3.58. The Morgan fingerprint density at radius 2 is 2.20 bits per heavy atom. The zero-order valence-corrected chi connectivity index (χ0v) is 14.4. The predicted octanol–water partition coefficient (Wildman–Crippen LogP) is 0.599. The number of nitrogens with one attached hydrogen (secondary N) is 2. The van der Waals surface area contributed by atoms with E-state index in [2.05, 4.69) is 15.5 Å². The maximum Gasteiger partial charge on any atom is 0.251 e. The Hall–Kier alpha value is -1.96. The van der Waals surface area contributed by atoms with Crippen molar-refractivity contribution in [3.8, 4) is 0 Å².